The van der Waals surface area contributed by atoms with Crippen LogP contribution in [0.3, 0.4) is 0 Å². The fourth-order valence-corrected chi connectivity index (χ4v) is 3.28. The fourth-order valence-electron chi connectivity index (χ4n) is 2.91. The molecule has 1 atom stereocenters. The molecular formula is C20H19BrClN3O. The van der Waals surface area contributed by atoms with Crippen LogP contribution in [-0.2, 0) is 17.8 Å². The fraction of sp³-hybridized carbons (Fsp3) is 0.200. The largest absolute Gasteiger partial charge is 0.346 e. The molecule has 26 heavy (non-hydrogen) atoms. The Morgan fingerprint density at radius 1 is 1.27 bits per heavy atom. The van der Waals surface area contributed by atoms with Crippen molar-refractivity contribution in [3.8, 4) is 0 Å². The van der Waals surface area contributed by atoms with E-state index in [0.717, 1.165) is 26.9 Å². The van der Waals surface area contributed by atoms with Gasteiger partial charge < -0.3 is 9.88 Å². The van der Waals surface area contributed by atoms with Crippen molar-refractivity contribution in [2.24, 2.45) is 0 Å². The van der Waals surface area contributed by atoms with Gasteiger partial charge in [-0.2, -0.15) is 0 Å². The van der Waals surface area contributed by atoms with E-state index in [2.05, 4.69) is 32.4 Å². The molecule has 0 aliphatic heterocycles. The van der Waals surface area contributed by atoms with Crippen molar-refractivity contribution < 1.29 is 4.79 Å². The third-order valence-electron chi connectivity index (χ3n) is 4.06. The summed E-state index contributed by atoms with van der Waals surface area (Å²) < 4.78 is 2.92. The molecule has 1 amide bonds. The maximum atomic E-state index is 12.4. The Morgan fingerprint density at radius 3 is 2.65 bits per heavy atom. The van der Waals surface area contributed by atoms with Gasteiger partial charge in [-0.25, -0.2) is 4.98 Å². The van der Waals surface area contributed by atoms with Crippen LogP contribution >= 0.6 is 27.5 Å². The highest BCUT2D eigenvalue weighted by molar-refractivity contribution is 9.11. The van der Waals surface area contributed by atoms with E-state index < -0.39 is 0 Å². The lowest BCUT2D eigenvalue weighted by molar-refractivity contribution is -0.121. The van der Waals surface area contributed by atoms with Crippen LogP contribution in [0.2, 0.25) is 5.02 Å². The number of benzene rings is 2. The summed E-state index contributed by atoms with van der Waals surface area (Å²) >= 11 is 9.31. The maximum absolute atomic E-state index is 12.4. The lowest BCUT2D eigenvalue weighted by atomic mass is 10.1. The molecule has 0 aliphatic rings. The van der Waals surface area contributed by atoms with Crippen molar-refractivity contribution in [2.75, 3.05) is 0 Å². The second kappa shape index (κ2) is 8.06. The summed E-state index contributed by atoms with van der Waals surface area (Å²) in [6.45, 7) is 6.46. The second-order valence-electron chi connectivity index (χ2n) is 6.15. The van der Waals surface area contributed by atoms with E-state index in [1.807, 2.05) is 43.3 Å². The molecule has 4 nitrogen and oxygen atoms in total. The van der Waals surface area contributed by atoms with Gasteiger partial charge in [-0.05, 0) is 36.8 Å². The number of imidazole rings is 1. The van der Waals surface area contributed by atoms with Gasteiger partial charge in [0.2, 0.25) is 5.91 Å². The summed E-state index contributed by atoms with van der Waals surface area (Å²) in [5.74, 6) is 0.743. The summed E-state index contributed by atoms with van der Waals surface area (Å²) in [4.78, 5) is 17.1. The zero-order valence-corrected chi connectivity index (χ0v) is 16.7. The number of rotatable bonds is 6. The van der Waals surface area contributed by atoms with Crippen LogP contribution in [0.1, 0.15) is 24.4 Å². The number of carbonyl (C=O) groups is 1. The zero-order chi connectivity index (χ0) is 18.7. The zero-order valence-electron chi connectivity index (χ0n) is 14.4. The van der Waals surface area contributed by atoms with Gasteiger partial charge >= 0.3 is 0 Å². The van der Waals surface area contributed by atoms with Crippen molar-refractivity contribution in [1.82, 2.24) is 14.9 Å². The van der Waals surface area contributed by atoms with E-state index in [-0.39, 0.29) is 11.9 Å². The number of para-hydroxylation sites is 2. The number of hydrogen-bond acceptors (Lipinski definition) is 2. The van der Waals surface area contributed by atoms with Gasteiger partial charge in [-0.1, -0.05) is 58.4 Å². The first kappa shape index (κ1) is 18.7. The second-order valence-corrected chi connectivity index (χ2v) is 7.71. The Kier molecular flexibility index (Phi) is 5.79. The molecule has 3 aromatic rings. The average molecular weight is 433 g/mol. The van der Waals surface area contributed by atoms with Crippen LogP contribution in [0.15, 0.2) is 59.6 Å². The van der Waals surface area contributed by atoms with Crippen LogP contribution in [-0.4, -0.2) is 15.5 Å². The molecule has 0 bridgehead atoms. The van der Waals surface area contributed by atoms with Crippen LogP contribution in [0.4, 0.5) is 0 Å². The van der Waals surface area contributed by atoms with E-state index in [4.69, 9.17) is 16.6 Å². The van der Waals surface area contributed by atoms with Crippen LogP contribution in [0.25, 0.3) is 11.0 Å². The lowest BCUT2D eigenvalue weighted by Crippen LogP contribution is -2.30. The number of amides is 1. The molecule has 1 unspecified atom stereocenters. The number of carbonyl (C=O) groups excluding carboxylic acids is 1. The minimum absolute atomic E-state index is 0.0592. The van der Waals surface area contributed by atoms with Gasteiger partial charge in [0.15, 0.2) is 0 Å². The van der Waals surface area contributed by atoms with Crippen LogP contribution in [0.5, 0.6) is 0 Å². The highest BCUT2D eigenvalue weighted by Gasteiger charge is 2.18. The summed E-state index contributed by atoms with van der Waals surface area (Å²) in [5.41, 5.74) is 2.83. The lowest BCUT2D eigenvalue weighted by Gasteiger charge is -2.16. The molecule has 1 heterocycles. The highest BCUT2D eigenvalue weighted by Crippen LogP contribution is 2.23. The predicted octanol–water partition coefficient (Wildman–Crippen LogP) is 5.02. The van der Waals surface area contributed by atoms with Gasteiger partial charge in [-0.15, -0.1) is 0 Å². The molecule has 134 valence electrons. The Bertz CT molecular complexity index is 949. The van der Waals surface area contributed by atoms with E-state index in [0.29, 0.717) is 18.0 Å². The minimum atomic E-state index is -0.228. The highest BCUT2D eigenvalue weighted by atomic mass is 79.9. The maximum Gasteiger partial charge on any atom is 0.224 e. The van der Waals surface area contributed by atoms with Gasteiger partial charge in [0.1, 0.15) is 5.82 Å². The quantitative estimate of drug-likeness (QED) is 0.594. The van der Waals surface area contributed by atoms with Gasteiger partial charge in [0, 0.05) is 9.51 Å². The number of allylic oxidation sites excluding steroid dienone is 1. The monoisotopic (exact) mass is 431 g/mol. The SMILES string of the molecule is C=C(Br)Cn1c(C(C)NC(=O)Cc2ccc(Cl)cc2)nc2ccccc21. The number of nitrogens with zero attached hydrogens (tertiary/aromatic N) is 2. The number of halogens is 2. The normalized spacial score (nSPS) is 12.1. The molecule has 0 radical (unpaired) electrons. The molecule has 1 N–H and O–H groups in total. The Labute approximate surface area is 166 Å². The summed E-state index contributed by atoms with van der Waals surface area (Å²) in [5, 5.41) is 3.69. The summed E-state index contributed by atoms with van der Waals surface area (Å²) in [7, 11) is 0. The Morgan fingerprint density at radius 2 is 1.96 bits per heavy atom. The smallest absolute Gasteiger partial charge is 0.224 e. The molecule has 0 fully saturated rings. The standard InChI is InChI=1S/C20H19BrClN3O/c1-13(21)12-25-18-6-4-3-5-17(18)24-20(25)14(2)23-19(26)11-15-7-9-16(22)10-8-15/h3-10,14H,1,11-12H2,2H3,(H,23,26). The third kappa shape index (κ3) is 4.34. The van der Waals surface area contributed by atoms with Crippen molar-refractivity contribution in [1.29, 1.82) is 0 Å². The van der Waals surface area contributed by atoms with E-state index in [1.165, 1.54) is 0 Å². The Balaban J connectivity index is 1.80. The number of aromatic nitrogens is 2. The number of nitrogens with one attached hydrogen (secondary N) is 1. The topological polar surface area (TPSA) is 46.9 Å². The first-order chi connectivity index (χ1) is 12.4. The molecule has 3 rings (SSSR count). The van der Waals surface area contributed by atoms with E-state index in [1.54, 1.807) is 12.1 Å². The number of fused-ring (bicyclic) bond motifs is 1. The number of hydrogen-bond donors (Lipinski definition) is 1. The molecular weight excluding hydrogens is 414 g/mol. The van der Waals surface area contributed by atoms with Crippen molar-refractivity contribution >= 4 is 44.5 Å². The van der Waals surface area contributed by atoms with Crippen molar-refractivity contribution in [2.45, 2.75) is 25.9 Å². The predicted molar refractivity (Wildman–Crippen MR) is 110 cm³/mol. The van der Waals surface area contributed by atoms with Crippen LogP contribution < -0.4 is 5.32 Å². The molecule has 0 saturated carbocycles. The molecule has 6 heteroatoms. The first-order valence-electron chi connectivity index (χ1n) is 8.26. The summed E-state index contributed by atoms with van der Waals surface area (Å²) in [6, 6.07) is 15.0. The first-order valence-corrected chi connectivity index (χ1v) is 9.43. The van der Waals surface area contributed by atoms with E-state index >= 15 is 0 Å². The van der Waals surface area contributed by atoms with Gasteiger partial charge in [-0.3, -0.25) is 4.79 Å². The van der Waals surface area contributed by atoms with Crippen molar-refractivity contribution in [3.63, 3.8) is 0 Å². The van der Waals surface area contributed by atoms with E-state index in [9.17, 15) is 4.79 Å². The molecule has 0 spiro atoms. The van der Waals surface area contributed by atoms with Gasteiger partial charge in [0.05, 0.1) is 30.0 Å². The average Bonchev–Trinajstić information content (AvgIpc) is 2.95. The molecule has 1 aromatic heterocycles. The molecule has 0 aliphatic carbocycles. The van der Waals surface area contributed by atoms with Crippen LogP contribution in [0, 0.1) is 0 Å². The van der Waals surface area contributed by atoms with Gasteiger partial charge in [0.25, 0.3) is 0 Å². The third-order valence-corrected chi connectivity index (χ3v) is 4.56. The molecule has 0 saturated heterocycles. The summed E-state index contributed by atoms with van der Waals surface area (Å²) in [6.07, 6.45) is 0.299. The molecule has 2 aromatic carbocycles. The Hall–Kier alpha value is -2.11. The van der Waals surface area contributed by atoms with Crippen molar-refractivity contribution in [3.05, 3.63) is 76.0 Å². The minimum Gasteiger partial charge on any atom is -0.346 e.